The van der Waals surface area contributed by atoms with Crippen LogP contribution in [0.2, 0.25) is 0 Å². The first-order valence-corrected chi connectivity index (χ1v) is 10.00. The monoisotopic (exact) mass is 359 g/mol. The summed E-state index contributed by atoms with van der Waals surface area (Å²) >= 11 is 0. The summed E-state index contributed by atoms with van der Waals surface area (Å²) in [4.78, 5) is 31.1. The quantitative estimate of drug-likeness (QED) is 0.671. The molecule has 5 heteroatoms. The largest absolute Gasteiger partial charge is 0.334 e. The van der Waals surface area contributed by atoms with Gasteiger partial charge in [-0.3, -0.25) is 14.5 Å². The van der Waals surface area contributed by atoms with Crippen molar-refractivity contribution in [2.24, 2.45) is 0 Å². The van der Waals surface area contributed by atoms with Gasteiger partial charge in [-0.05, 0) is 18.4 Å². The maximum atomic E-state index is 12.6. The normalized spacial score (nSPS) is 15.1. The minimum Gasteiger partial charge on any atom is -0.334 e. The van der Waals surface area contributed by atoms with Crippen LogP contribution in [0.3, 0.4) is 0 Å². The van der Waals surface area contributed by atoms with E-state index in [2.05, 4.69) is 43.0 Å². The fourth-order valence-corrected chi connectivity index (χ4v) is 3.23. The van der Waals surface area contributed by atoms with Crippen LogP contribution in [0.25, 0.3) is 0 Å². The molecule has 0 spiro atoms. The van der Waals surface area contributed by atoms with Crippen molar-refractivity contribution in [1.29, 1.82) is 0 Å². The van der Waals surface area contributed by atoms with E-state index < -0.39 is 0 Å². The van der Waals surface area contributed by atoms with Gasteiger partial charge < -0.3 is 9.80 Å². The van der Waals surface area contributed by atoms with Gasteiger partial charge in [0.25, 0.3) is 0 Å². The summed E-state index contributed by atoms with van der Waals surface area (Å²) in [5.41, 5.74) is 1.29. The second-order valence-electron chi connectivity index (χ2n) is 7.05. The minimum atomic E-state index is -0.323. The van der Waals surface area contributed by atoms with Crippen LogP contribution in [0.1, 0.15) is 45.1 Å². The van der Waals surface area contributed by atoms with E-state index in [-0.39, 0.29) is 11.8 Å². The van der Waals surface area contributed by atoms with Crippen LogP contribution in [0.4, 0.5) is 0 Å². The van der Waals surface area contributed by atoms with Crippen molar-refractivity contribution in [2.75, 3.05) is 39.3 Å². The molecule has 1 aliphatic rings. The summed E-state index contributed by atoms with van der Waals surface area (Å²) in [6, 6.07) is 10.4. The zero-order valence-electron chi connectivity index (χ0n) is 16.3. The van der Waals surface area contributed by atoms with Gasteiger partial charge in [0, 0.05) is 45.8 Å². The highest BCUT2D eigenvalue weighted by Gasteiger charge is 2.29. The first-order valence-electron chi connectivity index (χ1n) is 10.00. The summed E-state index contributed by atoms with van der Waals surface area (Å²) in [5, 5.41) is 0. The topological polar surface area (TPSA) is 43.9 Å². The van der Waals surface area contributed by atoms with Gasteiger partial charge in [0.15, 0.2) is 0 Å². The van der Waals surface area contributed by atoms with Crippen molar-refractivity contribution in [3.8, 4) is 0 Å². The van der Waals surface area contributed by atoms with Crippen molar-refractivity contribution < 1.29 is 9.59 Å². The minimum absolute atomic E-state index is 0.316. The summed E-state index contributed by atoms with van der Waals surface area (Å²) < 4.78 is 0. The number of unbranched alkanes of at least 4 members (excludes halogenated alkanes) is 2. The van der Waals surface area contributed by atoms with Gasteiger partial charge in [-0.15, -0.1) is 0 Å². The number of piperazine rings is 1. The predicted octanol–water partition coefficient (Wildman–Crippen LogP) is 2.76. The standard InChI is InChI=1S/C21H33N3O2/c1-3-5-12-23(13-6-4-2)20(25)21(26)24-16-14-22(15-17-24)18-19-10-8-7-9-11-19/h7-11H,3-6,12-18H2,1-2H3. The number of hydrogen-bond acceptors (Lipinski definition) is 3. The lowest BCUT2D eigenvalue weighted by Gasteiger charge is -2.35. The van der Waals surface area contributed by atoms with E-state index in [0.29, 0.717) is 26.2 Å². The molecule has 0 unspecified atom stereocenters. The lowest BCUT2D eigenvalue weighted by molar-refractivity contribution is -0.153. The van der Waals surface area contributed by atoms with Crippen LogP contribution >= 0.6 is 0 Å². The molecule has 1 heterocycles. The second-order valence-corrected chi connectivity index (χ2v) is 7.05. The third kappa shape index (κ3) is 6.13. The third-order valence-corrected chi connectivity index (χ3v) is 4.94. The Hall–Kier alpha value is -1.88. The molecule has 1 aromatic rings. The Kier molecular flexibility index (Phi) is 8.62. The van der Waals surface area contributed by atoms with Gasteiger partial charge in [0.05, 0.1) is 0 Å². The molecule has 0 saturated carbocycles. The lowest BCUT2D eigenvalue weighted by Crippen LogP contribution is -2.53. The van der Waals surface area contributed by atoms with E-state index in [1.54, 1.807) is 9.80 Å². The fourth-order valence-electron chi connectivity index (χ4n) is 3.23. The second kappa shape index (κ2) is 11.0. The predicted molar refractivity (Wildman–Crippen MR) is 105 cm³/mol. The molecule has 0 bridgehead atoms. The van der Waals surface area contributed by atoms with Gasteiger partial charge in [-0.1, -0.05) is 57.0 Å². The number of rotatable bonds is 8. The molecule has 1 aliphatic heterocycles. The Morgan fingerprint density at radius 2 is 1.50 bits per heavy atom. The van der Waals surface area contributed by atoms with Gasteiger partial charge in [0.1, 0.15) is 0 Å². The molecule has 5 nitrogen and oxygen atoms in total. The van der Waals surface area contributed by atoms with Crippen molar-refractivity contribution in [3.63, 3.8) is 0 Å². The smallest absolute Gasteiger partial charge is 0.312 e. The van der Waals surface area contributed by atoms with Crippen LogP contribution in [-0.4, -0.2) is 65.8 Å². The molecule has 2 rings (SSSR count). The zero-order valence-corrected chi connectivity index (χ0v) is 16.3. The van der Waals surface area contributed by atoms with E-state index in [9.17, 15) is 9.59 Å². The molecule has 0 aliphatic carbocycles. The molecule has 1 saturated heterocycles. The molecular formula is C21H33N3O2. The van der Waals surface area contributed by atoms with Crippen molar-refractivity contribution in [2.45, 2.75) is 46.1 Å². The van der Waals surface area contributed by atoms with Crippen molar-refractivity contribution in [1.82, 2.24) is 14.7 Å². The average molecular weight is 360 g/mol. The molecule has 26 heavy (non-hydrogen) atoms. The fraction of sp³-hybridized carbons (Fsp3) is 0.619. The SMILES string of the molecule is CCCCN(CCCC)C(=O)C(=O)N1CCN(Cc2ccccc2)CC1. The Labute approximate surface area is 158 Å². The third-order valence-electron chi connectivity index (χ3n) is 4.94. The zero-order chi connectivity index (χ0) is 18.8. The molecule has 0 radical (unpaired) electrons. The van der Waals surface area contributed by atoms with Gasteiger partial charge in [-0.2, -0.15) is 0 Å². The molecular weight excluding hydrogens is 326 g/mol. The number of carbonyl (C=O) groups is 2. The summed E-state index contributed by atoms with van der Waals surface area (Å²) in [6.07, 6.45) is 3.96. The highest BCUT2D eigenvalue weighted by molar-refractivity contribution is 6.34. The summed E-state index contributed by atoms with van der Waals surface area (Å²) in [7, 11) is 0. The van der Waals surface area contributed by atoms with Gasteiger partial charge in [0.2, 0.25) is 0 Å². The molecule has 0 N–H and O–H groups in total. The van der Waals surface area contributed by atoms with Crippen molar-refractivity contribution >= 4 is 11.8 Å². The molecule has 0 atom stereocenters. The first-order chi connectivity index (χ1) is 12.7. The summed E-state index contributed by atoms with van der Waals surface area (Å²) in [5.74, 6) is -0.639. The van der Waals surface area contributed by atoms with Crippen LogP contribution in [0.15, 0.2) is 30.3 Å². The lowest BCUT2D eigenvalue weighted by atomic mass is 10.2. The highest BCUT2D eigenvalue weighted by atomic mass is 16.2. The maximum Gasteiger partial charge on any atom is 0.312 e. The summed E-state index contributed by atoms with van der Waals surface area (Å²) in [6.45, 7) is 9.39. The van der Waals surface area contributed by atoms with Crippen LogP contribution in [0, 0.1) is 0 Å². The molecule has 0 aromatic heterocycles. The molecule has 2 amide bonds. The van der Waals surface area contributed by atoms with E-state index in [1.165, 1.54) is 5.56 Å². The molecule has 144 valence electrons. The average Bonchev–Trinajstić information content (AvgIpc) is 2.68. The number of amides is 2. The molecule has 1 aromatic carbocycles. The van der Waals surface area contributed by atoms with E-state index in [4.69, 9.17) is 0 Å². The number of hydrogen-bond donors (Lipinski definition) is 0. The highest BCUT2D eigenvalue weighted by Crippen LogP contribution is 2.10. The number of carbonyl (C=O) groups excluding carboxylic acids is 2. The molecule has 1 fully saturated rings. The van der Waals surface area contributed by atoms with Gasteiger partial charge >= 0.3 is 11.8 Å². The Morgan fingerprint density at radius 1 is 0.923 bits per heavy atom. The Bertz CT molecular complexity index is 546. The van der Waals surface area contributed by atoms with E-state index in [0.717, 1.165) is 45.3 Å². The van der Waals surface area contributed by atoms with Crippen LogP contribution < -0.4 is 0 Å². The van der Waals surface area contributed by atoms with Crippen LogP contribution in [-0.2, 0) is 16.1 Å². The van der Waals surface area contributed by atoms with Gasteiger partial charge in [-0.25, -0.2) is 0 Å². The number of nitrogens with zero attached hydrogens (tertiary/aromatic N) is 3. The van der Waals surface area contributed by atoms with E-state index in [1.807, 2.05) is 6.07 Å². The number of benzene rings is 1. The Balaban J connectivity index is 1.84. The Morgan fingerprint density at radius 3 is 2.04 bits per heavy atom. The first kappa shape index (κ1) is 20.4. The van der Waals surface area contributed by atoms with Crippen LogP contribution in [0.5, 0.6) is 0 Å². The van der Waals surface area contributed by atoms with Crippen molar-refractivity contribution in [3.05, 3.63) is 35.9 Å². The maximum absolute atomic E-state index is 12.6. The van der Waals surface area contributed by atoms with E-state index >= 15 is 0 Å².